The highest BCUT2D eigenvalue weighted by molar-refractivity contribution is 6.32. The van der Waals surface area contributed by atoms with E-state index in [1.165, 1.54) is 5.56 Å². The number of rotatable bonds is 5. The van der Waals surface area contributed by atoms with Crippen molar-refractivity contribution in [2.45, 2.75) is 26.3 Å². The highest BCUT2D eigenvalue weighted by atomic mass is 35.5. The van der Waals surface area contributed by atoms with Gasteiger partial charge in [0.25, 0.3) is 0 Å². The highest BCUT2D eigenvalue weighted by Gasteiger charge is 2.08. The Morgan fingerprint density at radius 3 is 2.89 bits per heavy atom. The van der Waals surface area contributed by atoms with Gasteiger partial charge in [-0.25, -0.2) is 4.68 Å². The zero-order valence-corrected chi connectivity index (χ0v) is 11.5. The molecule has 1 aromatic heterocycles. The fourth-order valence-electron chi connectivity index (χ4n) is 1.87. The van der Waals surface area contributed by atoms with Crippen LogP contribution in [0.5, 0.6) is 0 Å². The maximum atomic E-state index is 6.31. The molecule has 1 atom stereocenters. The molecular weight excluding hydrogens is 246 g/mol. The molecule has 0 radical (unpaired) electrons. The number of benzene rings is 1. The van der Waals surface area contributed by atoms with E-state index in [1.54, 1.807) is 10.9 Å². The van der Waals surface area contributed by atoms with Gasteiger partial charge in [-0.2, -0.15) is 5.10 Å². The molecule has 0 saturated carbocycles. The molecule has 0 aliphatic rings. The number of halogens is 1. The van der Waals surface area contributed by atoms with Gasteiger partial charge < -0.3 is 5.32 Å². The molecular formula is C14H18ClN3. The first kappa shape index (κ1) is 13.1. The first-order chi connectivity index (χ1) is 8.72. The van der Waals surface area contributed by atoms with Crippen molar-refractivity contribution < 1.29 is 0 Å². The minimum atomic E-state index is 0.314. The average molecular weight is 264 g/mol. The average Bonchev–Trinajstić information content (AvgIpc) is 2.89. The molecule has 0 saturated heterocycles. The van der Waals surface area contributed by atoms with E-state index in [-0.39, 0.29) is 0 Å². The third-order valence-electron chi connectivity index (χ3n) is 2.92. The molecule has 0 aliphatic heterocycles. The number of hydrogen-bond donors (Lipinski definition) is 1. The Labute approximate surface area is 113 Å². The normalized spacial score (nSPS) is 12.6. The van der Waals surface area contributed by atoms with Gasteiger partial charge in [-0.05, 0) is 43.7 Å². The van der Waals surface area contributed by atoms with Crippen LogP contribution in [0.3, 0.4) is 0 Å². The van der Waals surface area contributed by atoms with Crippen LogP contribution in [0, 0.1) is 0 Å². The summed E-state index contributed by atoms with van der Waals surface area (Å²) in [6.45, 7) is 5.32. The summed E-state index contributed by atoms with van der Waals surface area (Å²) in [5.41, 5.74) is 2.11. The third-order valence-corrected chi connectivity index (χ3v) is 3.23. The molecule has 4 heteroatoms. The van der Waals surface area contributed by atoms with Crippen molar-refractivity contribution in [3.05, 3.63) is 47.2 Å². The predicted molar refractivity (Wildman–Crippen MR) is 75.3 cm³/mol. The van der Waals surface area contributed by atoms with Crippen molar-refractivity contribution in [1.82, 2.24) is 15.1 Å². The van der Waals surface area contributed by atoms with E-state index >= 15 is 0 Å². The number of aromatic nitrogens is 2. The molecule has 1 heterocycles. The largest absolute Gasteiger partial charge is 0.310 e. The Hall–Kier alpha value is -1.32. The topological polar surface area (TPSA) is 29.9 Å². The zero-order chi connectivity index (χ0) is 13.0. The Balaban J connectivity index is 2.20. The summed E-state index contributed by atoms with van der Waals surface area (Å²) in [5.74, 6) is 0. The quantitative estimate of drug-likeness (QED) is 0.894. The second-order valence-corrected chi connectivity index (χ2v) is 4.74. The van der Waals surface area contributed by atoms with E-state index in [9.17, 15) is 0 Å². The summed E-state index contributed by atoms with van der Waals surface area (Å²) in [6.07, 6.45) is 4.76. The lowest BCUT2D eigenvalue weighted by atomic mass is 10.1. The minimum Gasteiger partial charge on any atom is -0.310 e. The molecule has 96 valence electrons. The van der Waals surface area contributed by atoms with Gasteiger partial charge in [0.1, 0.15) is 0 Å². The second kappa shape index (κ2) is 6.03. The monoisotopic (exact) mass is 263 g/mol. The van der Waals surface area contributed by atoms with Gasteiger partial charge in [0.2, 0.25) is 0 Å². The zero-order valence-electron chi connectivity index (χ0n) is 10.7. The van der Waals surface area contributed by atoms with E-state index in [4.69, 9.17) is 11.6 Å². The van der Waals surface area contributed by atoms with Gasteiger partial charge >= 0.3 is 0 Å². The number of nitrogens with zero attached hydrogens (tertiary/aromatic N) is 2. The minimum absolute atomic E-state index is 0.314. The van der Waals surface area contributed by atoms with E-state index < -0.39 is 0 Å². The highest BCUT2D eigenvalue weighted by Crippen LogP contribution is 2.24. The smallest absolute Gasteiger partial charge is 0.0831 e. The third kappa shape index (κ3) is 2.92. The summed E-state index contributed by atoms with van der Waals surface area (Å²) in [6, 6.07) is 8.31. The van der Waals surface area contributed by atoms with Crippen molar-refractivity contribution in [1.29, 1.82) is 0 Å². The van der Waals surface area contributed by atoms with Crippen molar-refractivity contribution in [2.75, 3.05) is 6.54 Å². The van der Waals surface area contributed by atoms with Crippen LogP contribution in [0.2, 0.25) is 5.02 Å². The fraction of sp³-hybridized carbons (Fsp3) is 0.357. The molecule has 2 aromatic rings. The van der Waals surface area contributed by atoms with Crippen LogP contribution in [0.1, 0.15) is 31.9 Å². The van der Waals surface area contributed by atoms with Gasteiger partial charge in [-0.1, -0.05) is 24.6 Å². The predicted octanol–water partition coefficient (Wildman–Crippen LogP) is 3.59. The molecule has 0 fully saturated rings. The SMILES string of the molecule is CCCNC(C)c1ccc(-n2cccn2)c(Cl)c1. The Bertz CT molecular complexity index is 494. The molecule has 0 bridgehead atoms. The molecule has 1 N–H and O–H groups in total. The first-order valence-corrected chi connectivity index (χ1v) is 6.63. The van der Waals surface area contributed by atoms with Crippen LogP contribution in [0.25, 0.3) is 5.69 Å². The van der Waals surface area contributed by atoms with Crippen molar-refractivity contribution in [3.63, 3.8) is 0 Å². The van der Waals surface area contributed by atoms with E-state index in [0.29, 0.717) is 6.04 Å². The van der Waals surface area contributed by atoms with E-state index in [2.05, 4.69) is 30.3 Å². The van der Waals surface area contributed by atoms with Crippen molar-refractivity contribution >= 4 is 11.6 Å². The Kier molecular flexibility index (Phi) is 4.39. The molecule has 0 spiro atoms. The Morgan fingerprint density at radius 2 is 2.28 bits per heavy atom. The van der Waals surface area contributed by atoms with Gasteiger partial charge in [0.15, 0.2) is 0 Å². The van der Waals surface area contributed by atoms with E-state index in [1.807, 2.05) is 24.4 Å². The summed E-state index contributed by atoms with van der Waals surface area (Å²) in [5, 5.41) is 8.36. The van der Waals surface area contributed by atoms with Gasteiger partial charge in [-0.15, -0.1) is 0 Å². The molecule has 2 rings (SSSR count). The molecule has 1 aromatic carbocycles. The van der Waals surface area contributed by atoms with Crippen molar-refractivity contribution in [2.24, 2.45) is 0 Å². The summed E-state index contributed by atoms with van der Waals surface area (Å²) in [4.78, 5) is 0. The molecule has 0 amide bonds. The van der Waals surface area contributed by atoms with E-state index in [0.717, 1.165) is 23.7 Å². The van der Waals surface area contributed by atoms with Gasteiger partial charge in [0.05, 0.1) is 10.7 Å². The summed E-state index contributed by atoms with van der Waals surface area (Å²) >= 11 is 6.31. The van der Waals surface area contributed by atoms with Crippen molar-refractivity contribution in [3.8, 4) is 5.69 Å². The van der Waals surface area contributed by atoms with Gasteiger partial charge in [-0.3, -0.25) is 0 Å². The second-order valence-electron chi connectivity index (χ2n) is 4.34. The molecule has 3 nitrogen and oxygen atoms in total. The van der Waals surface area contributed by atoms with Crippen LogP contribution in [-0.4, -0.2) is 16.3 Å². The van der Waals surface area contributed by atoms with Crippen LogP contribution < -0.4 is 5.32 Å². The lowest BCUT2D eigenvalue weighted by Crippen LogP contribution is -2.19. The lowest BCUT2D eigenvalue weighted by Gasteiger charge is -2.15. The van der Waals surface area contributed by atoms with Crippen LogP contribution in [0.4, 0.5) is 0 Å². The molecule has 1 unspecified atom stereocenters. The van der Waals surface area contributed by atoms with Gasteiger partial charge in [0, 0.05) is 18.4 Å². The number of hydrogen-bond acceptors (Lipinski definition) is 2. The molecule has 0 aliphatic carbocycles. The van der Waals surface area contributed by atoms with Crippen LogP contribution in [-0.2, 0) is 0 Å². The fourth-order valence-corrected chi connectivity index (χ4v) is 2.14. The standard InChI is InChI=1S/C14H18ClN3/c1-3-7-16-11(2)12-5-6-14(13(15)10-12)18-9-4-8-17-18/h4-6,8-11,16H,3,7H2,1-2H3. The van der Waals surface area contributed by atoms with Crippen LogP contribution >= 0.6 is 11.6 Å². The Morgan fingerprint density at radius 1 is 1.44 bits per heavy atom. The lowest BCUT2D eigenvalue weighted by molar-refractivity contribution is 0.570. The maximum Gasteiger partial charge on any atom is 0.0831 e. The summed E-state index contributed by atoms with van der Waals surface area (Å²) in [7, 11) is 0. The first-order valence-electron chi connectivity index (χ1n) is 6.25. The summed E-state index contributed by atoms with van der Waals surface area (Å²) < 4.78 is 1.77. The number of nitrogens with one attached hydrogen (secondary N) is 1. The van der Waals surface area contributed by atoms with Crippen LogP contribution in [0.15, 0.2) is 36.7 Å². The molecule has 18 heavy (non-hydrogen) atoms. The maximum absolute atomic E-state index is 6.31.